The molecule has 2 atom stereocenters. The van der Waals surface area contributed by atoms with Crippen LogP contribution in [0.1, 0.15) is 31.4 Å². The lowest BCUT2D eigenvalue weighted by atomic mass is 9.57. The molecule has 28 heavy (non-hydrogen) atoms. The minimum atomic E-state index is -0.753. The van der Waals surface area contributed by atoms with E-state index in [1.54, 1.807) is 12.4 Å². The largest absolute Gasteiger partial charge is 0.481 e. The maximum absolute atomic E-state index is 14.6. The van der Waals surface area contributed by atoms with Crippen molar-refractivity contribution in [2.24, 2.45) is 23.7 Å². The van der Waals surface area contributed by atoms with Gasteiger partial charge in [0.25, 0.3) is 0 Å². The van der Waals surface area contributed by atoms with Crippen LogP contribution in [0.2, 0.25) is 0 Å². The van der Waals surface area contributed by atoms with Crippen molar-refractivity contribution in [1.82, 2.24) is 19.9 Å². The molecule has 3 fully saturated rings. The minimum absolute atomic E-state index is 0.0631. The number of aromatic amines is 1. The quantitative estimate of drug-likeness (QED) is 0.717. The third-order valence-electron chi connectivity index (χ3n) is 6.61. The molecule has 0 unspecified atom stereocenters. The van der Waals surface area contributed by atoms with E-state index in [0.717, 1.165) is 42.3 Å². The first-order valence-corrected chi connectivity index (χ1v) is 9.78. The Labute approximate surface area is 161 Å². The van der Waals surface area contributed by atoms with E-state index < -0.39 is 17.7 Å². The number of rotatable bonds is 4. The second-order valence-corrected chi connectivity index (χ2v) is 8.00. The zero-order valence-corrected chi connectivity index (χ0v) is 15.3. The molecule has 0 spiro atoms. The van der Waals surface area contributed by atoms with Gasteiger partial charge >= 0.3 is 5.97 Å². The Bertz CT molecular complexity index is 1040. The number of hydrogen-bond donors (Lipinski definition) is 2. The Hall–Kier alpha value is -2.83. The molecule has 0 saturated heterocycles. The molecule has 2 bridgehead atoms. The fourth-order valence-electron chi connectivity index (χ4n) is 5.29. The van der Waals surface area contributed by atoms with Gasteiger partial charge in [0.15, 0.2) is 11.6 Å². The lowest BCUT2D eigenvalue weighted by Crippen LogP contribution is -2.45. The van der Waals surface area contributed by atoms with Crippen molar-refractivity contribution < 1.29 is 14.3 Å². The van der Waals surface area contributed by atoms with E-state index in [1.165, 1.54) is 6.20 Å². The van der Waals surface area contributed by atoms with Crippen molar-refractivity contribution in [2.45, 2.75) is 32.1 Å². The van der Waals surface area contributed by atoms with Gasteiger partial charge in [-0.15, -0.1) is 0 Å². The van der Waals surface area contributed by atoms with Crippen LogP contribution < -0.4 is 0 Å². The van der Waals surface area contributed by atoms with Crippen LogP contribution in [0.5, 0.6) is 0 Å². The van der Waals surface area contributed by atoms with E-state index in [-0.39, 0.29) is 11.8 Å². The van der Waals surface area contributed by atoms with Gasteiger partial charge in [-0.05, 0) is 62.0 Å². The third kappa shape index (κ3) is 2.77. The molecule has 0 aromatic carbocycles. The summed E-state index contributed by atoms with van der Waals surface area (Å²) in [5.74, 6) is -0.708. The van der Waals surface area contributed by atoms with E-state index >= 15 is 0 Å². The molecule has 0 aliphatic heterocycles. The van der Waals surface area contributed by atoms with Crippen LogP contribution in [0.4, 0.5) is 4.39 Å². The highest BCUT2D eigenvalue weighted by Gasteiger charge is 2.47. The number of aliphatic carboxylic acids is 1. The SMILES string of the molecule is O=C(O)[C@@H]1C2CCC(CC2)[C@H]1Cc1nc(-c2c[nH]c3ncccc23)ncc1F. The molecule has 3 aromatic rings. The molecule has 3 aliphatic carbocycles. The summed E-state index contributed by atoms with van der Waals surface area (Å²) < 4.78 is 14.6. The molecular formula is C21H21FN4O2. The maximum atomic E-state index is 14.6. The normalized spacial score (nSPS) is 26.6. The van der Waals surface area contributed by atoms with Crippen molar-refractivity contribution in [3.05, 3.63) is 42.2 Å². The summed E-state index contributed by atoms with van der Waals surface area (Å²) in [4.78, 5) is 27.9. The van der Waals surface area contributed by atoms with Crippen LogP contribution in [0.15, 0.2) is 30.7 Å². The summed E-state index contributed by atoms with van der Waals surface area (Å²) in [6, 6.07) is 3.75. The van der Waals surface area contributed by atoms with Gasteiger partial charge in [0.05, 0.1) is 17.8 Å². The van der Waals surface area contributed by atoms with Gasteiger partial charge in [0, 0.05) is 23.3 Å². The van der Waals surface area contributed by atoms with Crippen LogP contribution in [0.3, 0.4) is 0 Å². The first-order chi connectivity index (χ1) is 13.6. The Morgan fingerprint density at radius 1 is 1.21 bits per heavy atom. The van der Waals surface area contributed by atoms with Crippen molar-refractivity contribution in [3.8, 4) is 11.4 Å². The fraction of sp³-hybridized carbons (Fsp3) is 0.429. The van der Waals surface area contributed by atoms with E-state index in [2.05, 4.69) is 19.9 Å². The van der Waals surface area contributed by atoms with Gasteiger partial charge in [0.2, 0.25) is 0 Å². The average Bonchev–Trinajstić information content (AvgIpc) is 3.14. The number of hydrogen-bond acceptors (Lipinski definition) is 4. The average molecular weight is 380 g/mol. The predicted molar refractivity (Wildman–Crippen MR) is 101 cm³/mol. The number of halogens is 1. The van der Waals surface area contributed by atoms with Crippen LogP contribution in [-0.4, -0.2) is 31.0 Å². The Balaban J connectivity index is 1.50. The topological polar surface area (TPSA) is 91.8 Å². The van der Waals surface area contributed by atoms with Gasteiger partial charge in [-0.1, -0.05) is 0 Å². The first-order valence-electron chi connectivity index (χ1n) is 9.78. The summed E-state index contributed by atoms with van der Waals surface area (Å²) >= 11 is 0. The van der Waals surface area contributed by atoms with Crippen molar-refractivity contribution in [3.63, 3.8) is 0 Å². The second kappa shape index (κ2) is 6.65. The molecule has 3 heterocycles. The van der Waals surface area contributed by atoms with Gasteiger partial charge < -0.3 is 10.1 Å². The second-order valence-electron chi connectivity index (χ2n) is 8.00. The molecule has 6 rings (SSSR count). The number of carboxylic acid groups (broad SMARTS) is 1. The molecule has 144 valence electrons. The highest BCUT2D eigenvalue weighted by Crippen LogP contribution is 2.50. The van der Waals surface area contributed by atoms with E-state index in [1.807, 2.05) is 12.1 Å². The number of pyridine rings is 1. The first kappa shape index (κ1) is 17.3. The number of nitrogens with one attached hydrogen (secondary N) is 1. The fourth-order valence-corrected chi connectivity index (χ4v) is 5.29. The molecule has 0 radical (unpaired) electrons. The van der Waals surface area contributed by atoms with Gasteiger partial charge in [0.1, 0.15) is 5.65 Å². The Morgan fingerprint density at radius 3 is 2.79 bits per heavy atom. The summed E-state index contributed by atoms with van der Waals surface area (Å²) in [6.07, 6.45) is 9.03. The standard InChI is InChI=1S/C21H21FN4O2/c22-16-10-25-20(15-9-24-19-13(15)2-1-7-23-19)26-17(16)8-14-11-3-5-12(6-4-11)18(14)21(27)28/h1-2,7,9-12,14,18H,3-6,8H2,(H,23,24)(H,27,28)/t11?,12?,14-,18-/m1/s1. The molecule has 6 nitrogen and oxygen atoms in total. The highest BCUT2D eigenvalue weighted by atomic mass is 19.1. The highest BCUT2D eigenvalue weighted by molar-refractivity contribution is 5.91. The van der Waals surface area contributed by atoms with Gasteiger partial charge in [-0.25, -0.2) is 19.3 Å². The van der Waals surface area contributed by atoms with Crippen LogP contribution >= 0.6 is 0 Å². The lowest BCUT2D eigenvalue weighted by molar-refractivity contribution is -0.152. The molecule has 3 aromatic heterocycles. The molecular weight excluding hydrogens is 359 g/mol. The Kier molecular flexibility index (Phi) is 4.10. The number of fused-ring (bicyclic) bond motifs is 4. The smallest absolute Gasteiger partial charge is 0.307 e. The Morgan fingerprint density at radius 2 is 2.00 bits per heavy atom. The molecule has 0 amide bonds. The van der Waals surface area contributed by atoms with Crippen molar-refractivity contribution in [1.29, 1.82) is 0 Å². The molecule has 2 N–H and O–H groups in total. The predicted octanol–water partition coefficient (Wildman–Crippen LogP) is 3.84. The summed E-state index contributed by atoms with van der Waals surface area (Å²) in [5.41, 5.74) is 1.80. The summed E-state index contributed by atoms with van der Waals surface area (Å²) in [7, 11) is 0. The monoisotopic (exact) mass is 380 g/mol. The van der Waals surface area contributed by atoms with E-state index in [9.17, 15) is 14.3 Å². The van der Waals surface area contributed by atoms with Crippen LogP contribution in [0.25, 0.3) is 22.4 Å². The number of carboxylic acids is 1. The van der Waals surface area contributed by atoms with Crippen molar-refractivity contribution >= 4 is 17.0 Å². The summed E-state index contributed by atoms with van der Waals surface area (Å²) in [6.45, 7) is 0. The van der Waals surface area contributed by atoms with E-state index in [0.29, 0.717) is 23.9 Å². The van der Waals surface area contributed by atoms with Crippen molar-refractivity contribution in [2.75, 3.05) is 0 Å². The van der Waals surface area contributed by atoms with Gasteiger partial charge in [-0.3, -0.25) is 4.79 Å². The van der Waals surface area contributed by atoms with Crippen LogP contribution in [0, 0.1) is 29.5 Å². The lowest BCUT2D eigenvalue weighted by Gasteiger charge is -2.46. The molecule has 3 aliphatic rings. The number of aromatic nitrogens is 4. The molecule has 3 saturated carbocycles. The minimum Gasteiger partial charge on any atom is -0.481 e. The van der Waals surface area contributed by atoms with Crippen LogP contribution in [-0.2, 0) is 11.2 Å². The maximum Gasteiger partial charge on any atom is 0.307 e. The number of H-pyrrole nitrogens is 1. The zero-order chi connectivity index (χ0) is 19.3. The number of nitrogens with zero attached hydrogens (tertiary/aromatic N) is 3. The molecule has 7 heteroatoms. The number of carbonyl (C=O) groups is 1. The third-order valence-corrected chi connectivity index (χ3v) is 6.61. The van der Waals surface area contributed by atoms with E-state index in [4.69, 9.17) is 0 Å². The summed E-state index contributed by atoms with van der Waals surface area (Å²) in [5, 5.41) is 10.6. The van der Waals surface area contributed by atoms with Gasteiger partial charge in [-0.2, -0.15) is 0 Å². The zero-order valence-electron chi connectivity index (χ0n) is 15.3.